The summed E-state index contributed by atoms with van der Waals surface area (Å²) in [7, 11) is 0. The van der Waals surface area contributed by atoms with Gasteiger partial charge in [0.2, 0.25) is 5.91 Å². The Morgan fingerprint density at radius 3 is 2.52 bits per heavy atom. The first kappa shape index (κ1) is 15.2. The third kappa shape index (κ3) is 4.15. The maximum Gasteiger partial charge on any atom is 0.412 e. The maximum atomic E-state index is 13.1. The average molecular weight is 320 g/mol. The van der Waals surface area contributed by atoms with Gasteiger partial charge in [0.05, 0.1) is 0 Å². The van der Waals surface area contributed by atoms with Gasteiger partial charge in [-0.3, -0.25) is 4.79 Å². The third-order valence-electron chi connectivity index (χ3n) is 2.53. The fourth-order valence-electron chi connectivity index (χ4n) is 1.62. The van der Waals surface area contributed by atoms with E-state index in [2.05, 4.69) is 15.5 Å². The van der Waals surface area contributed by atoms with Gasteiger partial charge in [0.15, 0.2) is 6.04 Å². The Hall–Kier alpha value is -2.16. The minimum Gasteiger partial charge on any atom is -0.339 e. The SMILES string of the molecule is O=C(Cn1cnnn1)NC(c1ccc(Cl)cc1)C(F)(F)F. The number of nitrogens with one attached hydrogen (secondary N) is 1. The van der Waals surface area contributed by atoms with Crippen molar-refractivity contribution in [2.24, 2.45) is 0 Å². The molecule has 1 N–H and O–H groups in total. The number of amides is 1. The Bertz CT molecular complexity index is 599. The standard InChI is InChI=1S/C11H9ClF3N5O/c12-8-3-1-7(2-4-8)10(11(13,14)15)17-9(21)5-20-6-16-18-19-20/h1-4,6,10H,5H2,(H,17,21). The molecule has 0 aliphatic carbocycles. The molecule has 0 fully saturated rings. The van der Waals surface area contributed by atoms with Gasteiger partial charge in [-0.2, -0.15) is 13.2 Å². The summed E-state index contributed by atoms with van der Waals surface area (Å²) in [6.45, 7) is -0.410. The molecule has 0 saturated heterocycles. The molecule has 0 aliphatic rings. The number of halogens is 4. The first-order valence-corrected chi connectivity index (χ1v) is 6.06. The number of aromatic nitrogens is 4. The van der Waals surface area contributed by atoms with Crippen LogP contribution in [0.4, 0.5) is 13.2 Å². The van der Waals surface area contributed by atoms with Crippen LogP contribution in [-0.2, 0) is 11.3 Å². The van der Waals surface area contributed by atoms with Gasteiger partial charge in [-0.1, -0.05) is 23.7 Å². The number of benzene rings is 1. The Morgan fingerprint density at radius 2 is 2.00 bits per heavy atom. The van der Waals surface area contributed by atoms with E-state index in [9.17, 15) is 18.0 Å². The van der Waals surface area contributed by atoms with E-state index in [1.165, 1.54) is 24.3 Å². The van der Waals surface area contributed by atoms with Crippen molar-refractivity contribution in [1.29, 1.82) is 0 Å². The summed E-state index contributed by atoms with van der Waals surface area (Å²) >= 11 is 5.64. The molecule has 1 aromatic carbocycles. The molecule has 0 saturated carbocycles. The van der Waals surface area contributed by atoms with Gasteiger partial charge in [0, 0.05) is 5.02 Å². The fraction of sp³-hybridized carbons (Fsp3) is 0.273. The van der Waals surface area contributed by atoms with Crippen molar-refractivity contribution in [3.05, 3.63) is 41.2 Å². The summed E-state index contributed by atoms with van der Waals surface area (Å²) in [4.78, 5) is 11.7. The van der Waals surface area contributed by atoms with Crippen molar-refractivity contribution >= 4 is 17.5 Å². The molecule has 6 nitrogen and oxygen atoms in total. The van der Waals surface area contributed by atoms with E-state index >= 15 is 0 Å². The molecular formula is C11H9ClF3N5O. The van der Waals surface area contributed by atoms with Gasteiger partial charge in [-0.15, -0.1) is 5.10 Å². The second kappa shape index (κ2) is 6.08. The second-order valence-corrected chi connectivity index (χ2v) is 4.54. The number of tetrazole rings is 1. The number of carbonyl (C=O) groups is 1. The van der Waals surface area contributed by atoms with Crippen LogP contribution in [0.25, 0.3) is 0 Å². The van der Waals surface area contributed by atoms with Crippen LogP contribution in [0.5, 0.6) is 0 Å². The minimum atomic E-state index is -4.63. The van der Waals surface area contributed by atoms with Crippen molar-refractivity contribution in [2.45, 2.75) is 18.8 Å². The van der Waals surface area contributed by atoms with Crippen molar-refractivity contribution in [2.75, 3.05) is 0 Å². The lowest BCUT2D eigenvalue weighted by Gasteiger charge is -2.22. The average Bonchev–Trinajstić information content (AvgIpc) is 2.89. The lowest BCUT2D eigenvalue weighted by Crippen LogP contribution is -2.39. The van der Waals surface area contributed by atoms with Crippen molar-refractivity contribution in [1.82, 2.24) is 25.5 Å². The van der Waals surface area contributed by atoms with Crippen molar-refractivity contribution in [3.8, 4) is 0 Å². The second-order valence-electron chi connectivity index (χ2n) is 4.10. The highest BCUT2D eigenvalue weighted by Gasteiger charge is 2.41. The smallest absolute Gasteiger partial charge is 0.339 e. The van der Waals surface area contributed by atoms with Gasteiger partial charge in [0.25, 0.3) is 0 Å². The number of hydrogen-bond acceptors (Lipinski definition) is 4. The Morgan fingerprint density at radius 1 is 1.33 bits per heavy atom. The number of nitrogens with zero attached hydrogens (tertiary/aromatic N) is 4. The highest BCUT2D eigenvalue weighted by molar-refractivity contribution is 6.30. The van der Waals surface area contributed by atoms with E-state index < -0.39 is 24.7 Å². The zero-order valence-electron chi connectivity index (χ0n) is 10.4. The molecule has 1 unspecified atom stereocenters. The van der Waals surface area contributed by atoms with E-state index in [0.29, 0.717) is 5.02 Å². The minimum absolute atomic E-state index is 0.114. The topological polar surface area (TPSA) is 72.7 Å². The first-order chi connectivity index (χ1) is 9.86. The summed E-state index contributed by atoms with van der Waals surface area (Å²) in [5.41, 5.74) is -0.114. The maximum absolute atomic E-state index is 13.1. The number of rotatable bonds is 4. The predicted molar refractivity (Wildman–Crippen MR) is 66.2 cm³/mol. The van der Waals surface area contributed by atoms with Crippen molar-refractivity contribution in [3.63, 3.8) is 0 Å². The van der Waals surface area contributed by atoms with E-state index in [1.54, 1.807) is 0 Å². The van der Waals surface area contributed by atoms with Gasteiger partial charge in [-0.25, -0.2) is 4.68 Å². The van der Waals surface area contributed by atoms with Gasteiger partial charge >= 0.3 is 6.18 Å². The van der Waals surface area contributed by atoms with Crippen LogP contribution in [0.3, 0.4) is 0 Å². The highest BCUT2D eigenvalue weighted by atomic mass is 35.5. The Labute approximate surface area is 121 Å². The third-order valence-corrected chi connectivity index (χ3v) is 2.79. The zero-order chi connectivity index (χ0) is 15.5. The van der Waals surface area contributed by atoms with Gasteiger partial charge < -0.3 is 5.32 Å². The van der Waals surface area contributed by atoms with Crippen molar-refractivity contribution < 1.29 is 18.0 Å². The van der Waals surface area contributed by atoms with Crippen LogP contribution in [0, 0.1) is 0 Å². The number of alkyl halides is 3. The van der Waals surface area contributed by atoms with Crippen LogP contribution in [-0.4, -0.2) is 32.3 Å². The van der Waals surface area contributed by atoms with E-state index in [1.807, 2.05) is 5.32 Å². The zero-order valence-corrected chi connectivity index (χ0v) is 11.1. The fourth-order valence-corrected chi connectivity index (χ4v) is 1.74. The molecule has 10 heteroatoms. The normalized spacial score (nSPS) is 13.0. The molecule has 2 rings (SSSR count). The molecule has 1 amide bonds. The molecule has 0 aliphatic heterocycles. The molecule has 1 heterocycles. The molecular weight excluding hydrogens is 311 g/mol. The number of carbonyl (C=O) groups excluding carboxylic acids is 1. The first-order valence-electron chi connectivity index (χ1n) is 5.68. The van der Waals surface area contributed by atoms with Crippen LogP contribution in [0.1, 0.15) is 11.6 Å². The quantitative estimate of drug-likeness (QED) is 0.932. The summed E-state index contributed by atoms with van der Waals surface area (Å²) in [5.74, 6) is -0.862. The predicted octanol–water partition coefficient (Wildman–Crippen LogP) is 1.75. The summed E-state index contributed by atoms with van der Waals surface area (Å²) in [6.07, 6.45) is -3.51. The number of hydrogen-bond donors (Lipinski definition) is 1. The molecule has 0 bridgehead atoms. The van der Waals surface area contributed by atoms with Crippen LogP contribution < -0.4 is 5.32 Å². The van der Waals surface area contributed by atoms with E-state index in [4.69, 9.17) is 11.6 Å². The van der Waals surface area contributed by atoms with Gasteiger partial charge in [-0.05, 0) is 28.1 Å². The highest BCUT2D eigenvalue weighted by Crippen LogP contribution is 2.33. The molecule has 0 radical (unpaired) electrons. The van der Waals surface area contributed by atoms with E-state index in [0.717, 1.165) is 11.0 Å². The van der Waals surface area contributed by atoms with Crippen LogP contribution in [0.15, 0.2) is 30.6 Å². The molecule has 1 atom stereocenters. The molecule has 2 aromatic rings. The van der Waals surface area contributed by atoms with Crippen LogP contribution in [0.2, 0.25) is 5.02 Å². The summed E-state index contributed by atoms with van der Waals surface area (Å²) in [6, 6.07) is 2.93. The van der Waals surface area contributed by atoms with E-state index in [-0.39, 0.29) is 5.56 Å². The Balaban J connectivity index is 2.13. The summed E-state index contributed by atoms with van der Waals surface area (Å²) < 4.78 is 40.2. The van der Waals surface area contributed by atoms with Crippen LogP contribution >= 0.6 is 11.6 Å². The monoisotopic (exact) mass is 319 g/mol. The molecule has 112 valence electrons. The Kier molecular flexibility index (Phi) is 4.41. The molecule has 1 aromatic heterocycles. The summed E-state index contributed by atoms with van der Waals surface area (Å²) in [5, 5.41) is 12.2. The molecule has 0 spiro atoms. The molecule has 21 heavy (non-hydrogen) atoms. The lowest BCUT2D eigenvalue weighted by atomic mass is 10.1. The van der Waals surface area contributed by atoms with Gasteiger partial charge in [0.1, 0.15) is 12.9 Å². The largest absolute Gasteiger partial charge is 0.412 e. The lowest BCUT2D eigenvalue weighted by molar-refractivity contribution is -0.163.